The third kappa shape index (κ3) is 5.12. The number of hydrogen-bond acceptors (Lipinski definition) is 5. The van der Waals surface area contributed by atoms with Gasteiger partial charge in [-0.1, -0.05) is 11.6 Å². The lowest BCUT2D eigenvalue weighted by Gasteiger charge is -2.10. The molecular weight excluding hydrogens is 272 g/mol. The highest BCUT2D eigenvalue weighted by molar-refractivity contribution is 6.31. The van der Waals surface area contributed by atoms with Crippen LogP contribution in [0.2, 0.25) is 5.02 Å². The fourth-order valence-corrected chi connectivity index (χ4v) is 1.51. The zero-order valence-corrected chi connectivity index (χ0v) is 10.9. The van der Waals surface area contributed by atoms with Gasteiger partial charge in [-0.25, -0.2) is 0 Å². The first-order valence-corrected chi connectivity index (χ1v) is 5.83. The molecule has 0 aromatic heterocycles. The highest BCUT2D eigenvalue weighted by atomic mass is 35.5. The highest BCUT2D eigenvalue weighted by Gasteiger charge is 2.11. The van der Waals surface area contributed by atoms with Gasteiger partial charge in [0.1, 0.15) is 6.61 Å². The normalized spacial score (nSPS) is 10.0. The molecule has 0 aliphatic rings. The second-order valence-corrected chi connectivity index (χ2v) is 4.05. The van der Waals surface area contributed by atoms with Gasteiger partial charge in [-0.2, -0.15) is 0 Å². The van der Waals surface area contributed by atoms with Crippen molar-refractivity contribution in [1.82, 2.24) is 5.32 Å². The quantitative estimate of drug-likeness (QED) is 0.316. The number of nitrogen functional groups attached to an aromatic ring is 1. The smallest absolute Gasteiger partial charge is 0.253 e. The number of nitrogens with two attached hydrogens (primary N) is 2. The first kappa shape index (κ1) is 15.2. The molecule has 1 aromatic carbocycles. The molecule has 19 heavy (non-hydrogen) atoms. The molecule has 6 N–H and O–H groups in total. The van der Waals surface area contributed by atoms with E-state index >= 15 is 0 Å². The van der Waals surface area contributed by atoms with E-state index in [0.717, 1.165) is 0 Å². The van der Waals surface area contributed by atoms with E-state index in [1.54, 1.807) is 12.1 Å². The van der Waals surface area contributed by atoms with Crippen molar-refractivity contribution in [2.24, 2.45) is 11.6 Å². The second kappa shape index (κ2) is 7.57. The number of ether oxygens (including phenoxy) is 1. The number of halogens is 1. The second-order valence-electron chi connectivity index (χ2n) is 3.61. The van der Waals surface area contributed by atoms with Gasteiger partial charge in [0.25, 0.3) is 5.91 Å². The summed E-state index contributed by atoms with van der Waals surface area (Å²) in [7, 11) is 0. The number of hydrogen-bond donors (Lipinski definition) is 4. The number of carbonyl (C=O) groups excluding carboxylic acids is 2. The third-order valence-corrected chi connectivity index (χ3v) is 2.39. The summed E-state index contributed by atoms with van der Waals surface area (Å²) in [5, 5.41) is 3.03. The van der Waals surface area contributed by atoms with E-state index in [4.69, 9.17) is 27.9 Å². The van der Waals surface area contributed by atoms with Crippen molar-refractivity contribution >= 4 is 29.1 Å². The maximum absolute atomic E-state index is 11.9. The van der Waals surface area contributed by atoms with Crippen LogP contribution in [0, 0.1) is 0 Å². The van der Waals surface area contributed by atoms with E-state index in [1.165, 1.54) is 6.07 Å². The molecule has 0 bridgehead atoms. The molecule has 0 heterocycles. The Morgan fingerprint density at radius 2 is 2.11 bits per heavy atom. The summed E-state index contributed by atoms with van der Waals surface area (Å²) in [6.07, 6.45) is 0. The van der Waals surface area contributed by atoms with Crippen molar-refractivity contribution in [2.75, 3.05) is 25.2 Å². The monoisotopic (exact) mass is 286 g/mol. The molecule has 0 unspecified atom stereocenters. The van der Waals surface area contributed by atoms with Gasteiger partial charge >= 0.3 is 0 Å². The SMILES string of the molecule is NNc1ccc(Cl)cc1C(=O)NCCOCC(N)=O. The van der Waals surface area contributed by atoms with E-state index in [2.05, 4.69) is 10.7 Å². The van der Waals surface area contributed by atoms with E-state index in [0.29, 0.717) is 16.3 Å². The summed E-state index contributed by atoms with van der Waals surface area (Å²) < 4.78 is 4.91. The lowest BCUT2D eigenvalue weighted by atomic mass is 10.1. The Morgan fingerprint density at radius 3 is 2.74 bits per heavy atom. The third-order valence-electron chi connectivity index (χ3n) is 2.16. The summed E-state index contributed by atoms with van der Waals surface area (Å²) in [6.45, 7) is 0.242. The number of rotatable bonds is 7. The minimum atomic E-state index is -0.559. The Labute approximate surface area is 115 Å². The van der Waals surface area contributed by atoms with Gasteiger partial charge in [0.2, 0.25) is 5.91 Å². The van der Waals surface area contributed by atoms with Gasteiger partial charge in [0.05, 0.1) is 17.9 Å². The Hall–Kier alpha value is -1.83. The average Bonchev–Trinajstić information content (AvgIpc) is 2.37. The van der Waals surface area contributed by atoms with E-state index < -0.39 is 5.91 Å². The van der Waals surface area contributed by atoms with Crippen molar-refractivity contribution < 1.29 is 14.3 Å². The fourth-order valence-electron chi connectivity index (χ4n) is 1.33. The molecule has 104 valence electrons. The molecule has 0 fully saturated rings. The molecule has 0 saturated carbocycles. The van der Waals surface area contributed by atoms with Crippen LogP contribution in [0.5, 0.6) is 0 Å². The predicted octanol–water partition coefficient (Wildman–Crippen LogP) is -0.143. The minimum Gasteiger partial charge on any atom is -0.370 e. The molecule has 0 aliphatic carbocycles. The van der Waals surface area contributed by atoms with Crippen LogP contribution in [0.15, 0.2) is 18.2 Å². The zero-order chi connectivity index (χ0) is 14.3. The van der Waals surface area contributed by atoms with Crippen LogP contribution < -0.4 is 22.3 Å². The maximum atomic E-state index is 11.9. The van der Waals surface area contributed by atoms with Gasteiger partial charge in [-0.3, -0.25) is 15.4 Å². The van der Waals surface area contributed by atoms with Crippen LogP contribution in [0.25, 0.3) is 0 Å². The van der Waals surface area contributed by atoms with Crippen LogP contribution in [-0.2, 0) is 9.53 Å². The summed E-state index contributed by atoms with van der Waals surface area (Å²) in [5.74, 6) is 4.39. The molecule has 0 spiro atoms. The minimum absolute atomic E-state index is 0.178. The molecule has 0 saturated heterocycles. The molecule has 1 rings (SSSR count). The van der Waals surface area contributed by atoms with Gasteiger partial charge in [-0.15, -0.1) is 0 Å². The fraction of sp³-hybridized carbons (Fsp3) is 0.273. The van der Waals surface area contributed by atoms with Crippen LogP contribution >= 0.6 is 11.6 Å². The molecule has 8 heteroatoms. The Balaban J connectivity index is 2.49. The van der Waals surface area contributed by atoms with Crippen LogP contribution in [0.1, 0.15) is 10.4 Å². The summed E-state index contributed by atoms with van der Waals surface area (Å²) in [5.41, 5.74) is 8.08. The van der Waals surface area contributed by atoms with Gasteiger partial charge in [0.15, 0.2) is 0 Å². The standard InChI is InChI=1S/C11H15ClN4O3/c12-7-1-2-9(16-14)8(5-7)11(18)15-3-4-19-6-10(13)17/h1-2,5,16H,3-4,6,14H2,(H2,13,17)(H,15,18). The van der Waals surface area contributed by atoms with Crippen molar-refractivity contribution in [2.45, 2.75) is 0 Å². The molecule has 0 aliphatic heterocycles. The Kier molecular flexibility index (Phi) is 6.07. The lowest BCUT2D eigenvalue weighted by molar-refractivity contribution is -0.122. The van der Waals surface area contributed by atoms with E-state index in [1.807, 2.05) is 0 Å². The first-order chi connectivity index (χ1) is 9.04. The van der Waals surface area contributed by atoms with Crippen LogP contribution in [-0.4, -0.2) is 31.6 Å². The number of nitrogens with one attached hydrogen (secondary N) is 2. The van der Waals surface area contributed by atoms with Gasteiger partial charge in [-0.05, 0) is 18.2 Å². The number of amides is 2. The summed E-state index contributed by atoms with van der Waals surface area (Å²) in [4.78, 5) is 22.3. The molecule has 0 atom stereocenters. The lowest BCUT2D eigenvalue weighted by Crippen LogP contribution is -2.29. The summed E-state index contributed by atoms with van der Waals surface area (Å²) in [6, 6.07) is 4.71. The Bertz CT molecular complexity index is 467. The summed E-state index contributed by atoms with van der Waals surface area (Å²) >= 11 is 5.81. The predicted molar refractivity (Wildman–Crippen MR) is 71.6 cm³/mol. The van der Waals surface area contributed by atoms with Crippen molar-refractivity contribution in [3.8, 4) is 0 Å². The van der Waals surface area contributed by atoms with E-state index in [-0.39, 0.29) is 25.7 Å². The number of hydrazine groups is 1. The number of primary amides is 1. The average molecular weight is 287 g/mol. The van der Waals surface area contributed by atoms with E-state index in [9.17, 15) is 9.59 Å². The Morgan fingerprint density at radius 1 is 1.37 bits per heavy atom. The van der Waals surface area contributed by atoms with Crippen LogP contribution in [0.3, 0.4) is 0 Å². The van der Waals surface area contributed by atoms with Gasteiger partial charge in [0, 0.05) is 11.6 Å². The highest BCUT2D eigenvalue weighted by Crippen LogP contribution is 2.19. The molecule has 0 radical (unpaired) electrons. The molecule has 1 aromatic rings. The number of benzene rings is 1. The molecule has 7 nitrogen and oxygen atoms in total. The number of carbonyl (C=O) groups is 2. The molecular formula is C11H15ClN4O3. The van der Waals surface area contributed by atoms with Crippen molar-refractivity contribution in [1.29, 1.82) is 0 Å². The number of anilines is 1. The van der Waals surface area contributed by atoms with Crippen LogP contribution in [0.4, 0.5) is 5.69 Å². The zero-order valence-electron chi connectivity index (χ0n) is 10.1. The molecule has 2 amide bonds. The first-order valence-electron chi connectivity index (χ1n) is 5.45. The van der Waals surface area contributed by atoms with Gasteiger partial charge < -0.3 is 21.2 Å². The van der Waals surface area contributed by atoms with Crippen molar-refractivity contribution in [3.63, 3.8) is 0 Å². The maximum Gasteiger partial charge on any atom is 0.253 e. The largest absolute Gasteiger partial charge is 0.370 e. The van der Waals surface area contributed by atoms with Crippen molar-refractivity contribution in [3.05, 3.63) is 28.8 Å². The topological polar surface area (TPSA) is 119 Å².